The molecule has 1 amide bonds. The molecule has 0 fully saturated rings. The van der Waals surface area contributed by atoms with Crippen LogP contribution in [0.25, 0.3) is 22.2 Å². The topological polar surface area (TPSA) is 44.9 Å². The number of halogens is 1. The Labute approximate surface area is 115 Å². The van der Waals surface area contributed by atoms with Crippen LogP contribution in [0.3, 0.4) is 0 Å². The van der Waals surface area contributed by atoms with Gasteiger partial charge in [0.2, 0.25) is 0 Å². The van der Waals surface area contributed by atoms with Crippen molar-refractivity contribution in [3.8, 4) is 11.3 Å². The number of carbonyl (C=O) groups is 1. The van der Waals surface area contributed by atoms with Gasteiger partial charge in [-0.3, -0.25) is 4.79 Å². The average Bonchev–Trinajstić information content (AvgIpc) is 2.90. The Morgan fingerprint density at radius 2 is 1.95 bits per heavy atom. The zero-order chi connectivity index (χ0) is 14.1. The molecule has 0 unspecified atom stereocenters. The monoisotopic (exact) mass is 268 g/mol. The summed E-state index contributed by atoms with van der Waals surface area (Å²) >= 11 is 0. The molecule has 0 atom stereocenters. The van der Waals surface area contributed by atoms with Crippen LogP contribution in [0, 0.1) is 5.82 Å². The molecule has 0 aliphatic heterocycles. The highest BCUT2D eigenvalue weighted by Crippen LogP contribution is 2.27. The number of hydrogen-bond acceptors (Lipinski definition) is 1. The molecule has 0 radical (unpaired) electrons. The van der Waals surface area contributed by atoms with Crippen LogP contribution in [0.1, 0.15) is 10.4 Å². The summed E-state index contributed by atoms with van der Waals surface area (Å²) in [5.74, 6) is -0.591. The molecule has 0 aliphatic rings. The van der Waals surface area contributed by atoms with Gasteiger partial charge in [0.1, 0.15) is 5.82 Å². The van der Waals surface area contributed by atoms with E-state index >= 15 is 0 Å². The summed E-state index contributed by atoms with van der Waals surface area (Å²) in [6, 6.07) is 13.9. The third-order valence-electron chi connectivity index (χ3n) is 3.28. The summed E-state index contributed by atoms with van der Waals surface area (Å²) in [5.41, 5.74) is 2.42. The molecule has 2 aromatic carbocycles. The van der Waals surface area contributed by atoms with Crippen molar-refractivity contribution in [2.75, 3.05) is 7.05 Å². The van der Waals surface area contributed by atoms with Crippen LogP contribution < -0.4 is 5.32 Å². The third kappa shape index (κ3) is 2.05. The highest BCUT2D eigenvalue weighted by Gasteiger charge is 2.12. The predicted octanol–water partition coefficient (Wildman–Crippen LogP) is 3.33. The van der Waals surface area contributed by atoms with Gasteiger partial charge in [-0.2, -0.15) is 0 Å². The Morgan fingerprint density at radius 1 is 1.15 bits per heavy atom. The number of carbonyl (C=O) groups excluding carboxylic acids is 1. The van der Waals surface area contributed by atoms with Crippen molar-refractivity contribution in [3.63, 3.8) is 0 Å². The van der Waals surface area contributed by atoms with E-state index in [1.807, 2.05) is 30.3 Å². The van der Waals surface area contributed by atoms with E-state index < -0.39 is 0 Å². The summed E-state index contributed by atoms with van der Waals surface area (Å²) in [7, 11) is 1.55. The number of benzene rings is 2. The number of hydrogen-bond donors (Lipinski definition) is 2. The number of para-hydroxylation sites is 1. The molecule has 3 aromatic rings. The summed E-state index contributed by atoms with van der Waals surface area (Å²) in [6.45, 7) is 0. The number of rotatable bonds is 2. The van der Waals surface area contributed by atoms with E-state index in [4.69, 9.17) is 0 Å². The van der Waals surface area contributed by atoms with Gasteiger partial charge in [-0.25, -0.2) is 4.39 Å². The Morgan fingerprint density at radius 3 is 2.70 bits per heavy atom. The first-order chi connectivity index (χ1) is 9.69. The van der Waals surface area contributed by atoms with Gasteiger partial charge >= 0.3 is 0 Å². The fraction of sp³-hybridized carbons (Fsp3) is 0.0625. The van der Waals surface area contributed by atoms with Crippen LogP contribution in [0.5, 0.6) is 0 Å². The Hall–Kier alpha value is -2.62. The Bertz CT molecular complexity index is 759. The number of aromatic nitrogens is 1. The van der Waals surface area contributed by atoms with Gasteiger partial charge in [0.05, 0.1) is 0 Å². The molecule has 2 N–H and O–H groups in total. The van der Waals surface area contributed by atoms with Crippen LogP contribution in [0.15, 0.2) is 48.5 Å². The van der Waals surface area contributed by atoms with E-state index in [0.29, 0.717) is 16.8 Å². The van der Waals surface area contributed by atoms with Gasteiger partial charge in [-0.15, -0.1) is 0 Å². The van der Waals surface area contributed by atoms with Crippen LogP contribution in [-0.4, -0.2) is 17.9 Å². The number of amides is 1. The molecule has 4 heteroatoms. The molecule has 0 bridgehead atoms. The lowest BCUT2D eigenvalue weighted by atomic mass is 10.1. The minimum atomic E-state index is -0.357. The number of nitrogens with one attached hydrogen (secondary N) is 2. The largest absolute Gasteiger partial charge is 0.355 e. The maximum atomic E-state index is 14.0. The Balaban J connectivity index is 2.15. The van der Waals surface area contributed by atoms with Crippen LogP contribution in [-0.2, 0) is 0 Å². The molecule has 1 aromatic heterocycles. The normalized spacial score (nSPS) is 10.7. The zero-order valence-corrected chi connectivity index (χ0v) is 10.9. The lowest BCUT2D eigenvalue weighted by molar-refractivity contribution is 0.0963. The number of H-pyrrole nitrogens is 1. The van der Waals surface area contributed by atoms with Crippen molar-refractivity contribution < 1.29 is 9.18 Å². The van der Waals surface area contributed by atoms with Gasteiger partial charge < -0.3 is 10.3 Å². The smallest absolute Gasteiger partial charge is 0.251 e. The molecule has 0 aliphatic carbocycles. The van der Waals surface area contributed by atoms with Crippen molar-refractivity contribution in [3.05, 3.63) is 59.9 Å². The lowest BCUT2D eigenvalue weighted by Crippen LogP contribution is -2.17. The first-order valence-corrected chi connectivity index (χ1v) is 6.29. The quantitative estimate of drug-likeness (QED) is 0.735. The van der Waals surface area contributed by atoms with Gasteiger partial charge in [0.25, 0.3) is 5.91 Å². The van der Waals surface area contributed by atoms with E-state index in [0.717, 1.165) is 10.9 Å². The molecule has 0 spiro atoms. The molecule has 3 rings (SSSR count). The van der Waals surface area contributed by atoms with Gasteiger partial charge in [-0.05, 0) is 30.3 Å². The molecule has 20 heavy (non-hydrogen) atoms. The minimum absolute atomic E-state index is 0.234. The third-order valence-corrected chi connectivity index (χ3v) is 3.28. The first-order valence-electron chi connectivity index (χ1n) is 6.29. The van der Waals surface area contributed by atoms with Crippen molar-refractivity contribution in [2.45, 2.75) is 0 Å². The predicted molar refractivity (Wildman–Crippen MR) is 77.1 cm³/mol. The van der Waals surface area contributed by atoms with E-state index in [-0.39, 0.29) is 11.7 Å². The van der Waals surface area contributed by atoms with Crippen molar-refractivity contribution in [1.29, 1.82) is 0 Å². The highest BCUT2D eigenvalue weighted by atomic mass is 19.1. The van der Waals surface area contributed by atoms with Gasteiger partial charge in [-0.1, -0.05) is 18.2 Å². The number of aromatic amines is 1. The Kier molecular flexibility index (Phi) is 2.99. The van der Waals surface area contributed by atoms with E-state index in [2.05, 4.69) is 10.3 Å². The summed E-state index contributed by atoms with van der Waals surface area (Å²) in [5, 5.41) is 3.54. The lowest BCUT2D eigenvalue weighted by Gasteiger charge is -2.04. The molecular formula is C16H13FN2O. The minimum Gasteiger partial charge on any atom is -0.355 e. The van der Waals surface area contributed by atoms with Gasteiger partial charge in [0.15, 0.2) is 0 Å². The van der Waals surface area contributed by atoms with E-state index in [1.165, 1.54) is 12.1 Å². The van der Waals surface area contributed by atoms with Crippen molar-refractivity contribution in [1.82, 2.24) is 10.3 Å². The fourth-order valence-corrected chi connectivity index (χ4v) is 2.24. The maximum absolute atomic E-state index is 14.0. The molecule has 3 nitrogen and oxygen atoms in total. The molecular weight excluding hydrogens is 255 g/mol. The molecule has 0 saturated heterocycles. The standard InChI is InChI=1S/C16H13FN2O/c1-18-16(20)11-6-7-13(17)12(8-11)15-9-10-4-2-3-5-14(10)19-15/h2-9,19H,1H3,(H,18,20). The van der Waals surface area contributed by atoms with Crippen LogP contribution >= 0.6 is 0 Å². The number of fused-ring (bicyclic) bond motifs is 1. The summed E-state index contributed by atoms with van der Waals surface area (Å²) in [6.07, 6.45) is 0. The van der Waals surface area contributed by atoms with Crippen LogP contribution in [0.4, 0.5) is 4.39 Å². The molecule has 100 valence electrons. The van der Waals surface area contributed by atoms with Gasteiger partial charge in [0, 0.05) is 34.8 Å². The first kappa shape index (κ1) is 12.4. The zero-order valence-electron chi connectivity index (χ0n) is 10.9. The molecule has 0 saturated carbocycles. The maximum Gasteiger partial charge on any atom is 0.251 e. The second-order valence-electron chi connectivity index (χ2n) is 4.54. The highest BCUT2D eigenvalue weighted by molar-refractivity contribution is 5.95. The van der Waals surface area contributed by atoms with Crippen molar-refractivity contribution >= 4 is 16.8 Å². The van der Waals surface area contributed by atoms with E-state index in [1.54, 1.807) is 13.1 Å². The van der Waals surface area contributed by atoms with Crippen LogP contribution in [0.2, 0.25) is 0 Å². The average molecular weight is 268 g/mol. The second-order valence-corrected chi connectivity index (χ2v) is 4.54. The van der Waals surface area contributed by atoms with E-state index in [9.17, 15) is 9.18 Å². The molecule has 1 heterocycles. The summed E-state index contributed by atoms with van der Waals surface area (Å²) in [4.78, 5) is 14.8. The second kappa shape index (κ2) is 4.81. The van der Waals surface area contributed by atoms with Crippen molar-refractivity contribution in [2.24, 2.45) is 0 Å². The summed E-state index contributed by atoms with van der Waals surface area (Å²) < 4.78 is 14.0. The fourth-order valence-electron chi connectivity index (χ4n) is 2.24. The SMILES string of the molecule is CNC(=O)c1ccc(F)c(-c2cc3ccccc3[nH]2)c1.